The Morgan fingerprint density at radius 1 is 1.00 bits per heavy atom. The monoisotopic (exact) mass is 284 g/mol. The summed E-state index contributed by atoms with van der Waals surface area (Å²) in [5.41, 5.74) is 2.96. The number of carbonyl (C=O) groups is 1. The summed E-state index contributed by atoms with van der Waals surface area (Å²) in [5.74, 6) is 0.964. The van der Waals surface area contributed by atoms with Crippen LogP contribution >= 0.6 is 0 Å². The average Bonchev–Trinajstić information content (AvgIpc) is 2.49. The second-order valence-corrected chi connectivity index (χ2v) is 4.94. The number of aryl methyl sites for hydroxylation is 3. The Morgan fingerprint density at radius 3 is 2.33 bits per heavy atom. The van der Waals surface area contributed by atoms with Gasteiger partial charge in [-0.25, -0.2) is 4.79 Å². The zero-order valence-electron chi connectivity index (χ0n) is 12.7. The van der Waals surface area contributed by atoms with E-state index >= 15 is 0 Å². The van der Waals surface area contributed by atoms with Crippen molar-refractivity contribution < 1.29 is 14.3 Å². The second-order valence-electron chi connectivity index (χ2n) is 4.94. The van der Waals surface area contributed by atoms with Crippen molar-refractivity contribution in [3.8, 4) is 11.5 Å². The van der Waals surface area contributed by atoms with E-state index in [1.807, 2.05) is 56.3 Å². The number of rotatable bonds is 5. The maximum Gasteiger partial charge on any atom is 0.349 e. The van der Waals surface area contributed by atoms with Gasteiger partial charge in [0, 0.05) is 0 Å². The minimum absolute atomic E-state index is 0.0925. The number of hydrogen-bond acceptors (Lipinski definition) is 3. The molecule has 3 heteroatoms. The summed E-state index contributed by atoms with van der Waals surface area (Å²) in [4.78, 5) is 11.9. The summed E-state index contributed by atoms with van der Waals surface area (Å²) in [5, 5.41) is 0. The van der Waals surface area contributed by atoms with Crippen LogP contribution in [-0.4, -0.2) is 12.6 Å². The Morgan fingerprint density at radius 2 is 1.67 bits per heavy atom. The first-order valence-corrected chi connectivity index (χ1v) is 7.09. The van der Waals surface area contributed by atoms with E-state index < -0.39 is 5.97 Å². The van der Waals surface area contributed by atoms with Crippen LogP contribution in [0, 0.1) is 13.8 Å². The molecule has 0 fully saturated rings. The van der Waals surface area contributed by atoms with Gasteiger partial charge in [-0.1, -0.05) is 43.3 Å². The highest BCUT2D eigenvalue weighted by Crippen LogP contribution is 2.23. The van der Waals surface area contributed by atoms with Gasteiger partial charge in [0.05, 0.1) is 0 Å². The van der Waals surface area contributed by atoms with Crippen LogP contribution in [0.5, 0.6) is 11.5 Å². The first-order chi connectivity index (χ1) is 10.1. The molecular formula is C18H20O3. The number of carbonyl (C=O) groups excluding carboxylic acids is 1. The molecule has 0 bridgehead atoms. The molecule has 0 amide bonds. The fraction of sp³-hybridized carbons (Fsp3) is 0.278. The maximum atomic E-state index is 11.9. The van der Waals surface area contributed by atoms with E-state index in [1.165, 1.54) is 0 Å². The normalized spacial score (nSPS) is 10.2. The van der Waals surface area contributed by atoms with E-state index in [1.54, 1.807) is 0 Å². The molecular weight excluding hydrogens is 264 g/mol. The van der Waals surface area contributed by atoms with Gasteiger partial charge in [-0.2, -0.15) is 0 Å². The average molecular weight is 284 g/mol. The lowest BCUT2D eigenvalue weighted by Gasteiger charge is -2.12. The molecule has 110 valence electrons. The van der Waals surface area contributed by atoms with Crippen LogP contribution in [0.3, 0.4) is 0 Å². The first-order valence-electron chi connectivity index (χ1n) is 7.09. The van der Waals surface area contributed by atoms with E-state index in [0.29, 0.717) is 5.75 Å². The molecule has 0 spiro atoms. The number of esters is 1. The zero-order valence-corrected chi connectivity index (χ0v) is 12.7. The van der Waals surface area contributed by atoms with Crippen LogP contribution in [0.15, 0.2) is 42.5 Å². The Balaban J connectivity index is 1.99. The van der Waals surface area contributed by atoms with Gasteiger partial charge in [-0.3, -0.25) is 0 Å². The molecule has 21 heavy (non-hydrogen) atoms. The molecule has 2 rings (SSSR count). The zero-order chi connectivity index (χ0) is 15.2. The van der Waals surface area contributed by atoms with Crippen molar-refractivity contribution in [1.82, 2.24) is 0 Å². The summed E-state index contributed by atoms with van der Waals surface area (Å²) in [6.07, 6.45) is 0.863. The quantitative estimate of drug-likeness (QED) is 0.618. The molecule has 0 heterocycles. The van der Waals surface area contributed by atoms with Gasteiger partial charge in [0.25, 0.3) is 0 Å². The largest absolute Gasteiger partial charge is 0.482 e. The van der Waals surface area contributed by atoms with E-state index in [0.717, 1.165) is 28.9 Å². The molecule has 0 aliphatic rings. The van der Waals surface area contributed by atoms with Crippen molar-refractivity contribution in [2.45, 2.75) is 27.2 Å². The van der Waals surface area contributed by atoms with Gasteiger partial charge < -0.3 is 9.47 Å². The second kappa shape index (κ2) is 6.93. The molecule has 0 aliphatic carbocycles. The minimum Gasteiger partial charge on any atom is -0.482 e. The molecule has 2 aromatic rings. The van der Waals surface area contributed by atoms with Gasteiger partial charge in [0.2, 0.25) is 0 Å². The topological polar surface area (TPSA) is 35.5 Å². The molecule has 0 aromatic heterocycles. The van der Waals surface area contributed by atoms with Gasteiger partial charge in [-0.15, -0.1) is 0 Å². The molecule has 0 saturated carbocycles. The smallest absolute Gasteiger partial charge is 0.349 e. The highest BCUT2D eigenvalue weighted by Gasteiger charge is 2.11. The lowest BCUT2D eigenvalue weighted by molar-refractivity contribution is -0.136. The third-order valence-corrected chi connectivity index (χ3v) is 3.32. The summed E-state index contributed by atoms with van der Waals surface area (Å²) in [6.45, 7) is 5.80. The molecule has 0 saturated heterocycles. The van der Waals surface area contributed by atoms with E-state index in [4.69, 9.17) is 9.47 Å². The highest BCUT2D eigenvalue weighted by molar-refractivity contribution is 5.74. The first kappa shape index (κ1) is 15.1. The van der Waals surface area contributed by atoms with Crippen molar-refractivity contribution in [2.24, 2.45) is 0 Å². The number of benzene rings is 2. The van der Waals surface area contributed by atoms with Gasteiger partial charge >= 0.3 is 5.97 Å². The number of para-hydroxylation sites is 2. The third kappa shape index (κ3) is 3.85. The summed E-state index contributed by atoms with van der Waals surface area (Å²) in [6, 6.07) is 13.5. The Bertz CT molecular complexity index is 612. The lowest BCUT2D eigenvalue weighted by atomic mass is 10.1. The van der Waals surface area contributed by atoms with E-state index in [2.05, 4.69) is 6.92 Å². The van der Waals surface area contributed by atoms with Crippen molar-refractivity contribution >= 4 is 5.97 Å². The van der Waals surface area contributed by atoms with Crippen molar-refractivity contribution in [1.29, 1.82) is 0 Å². The van der Waals surface area contributed by atoms with E-state index in [9.17, 15) is 4.79 Å². The van der Waals surface area contributed by atoms with Crippen LogP contribution in [0.2, 0.25) is 0 Å². The number of ether oxygens (including phenoxy) is 2. The molecule has 3 nitrogen and oxygen atoms in total. The van der Waals surface area contributed by atoms with Crippen molar-refractivity contribution in [3.63, 3.8) is 0 Å². The SMILES string of the molecule is CCc1ccccc1OCC(=O)Oc1c(C)cccc1C. The maximum absolute atomic E-state index is 11.9. The van der Waals surface area contributed by atoms with Crippen LogP contribution < -0.4 is 9.47 Å². The Kier molecular flexibility index (Phi) is 4.99. The summed E-state index contributed by atoms with van der Waals surface area (Å²) >= 11 is 0. The molecule has 0 atom stereocenters. The minimum atomic E-state index is -0.390. The van der Waals surface area contributed by atoms with Crippen LogP contribution in [-0.2, 0) is 11.2 Å². The van der Waals surface area contributed by atoms with Crippen molar-refractivity contribution in [3.05, 3.63) is 59.2 Å². The van der Waals surface area contributed by atoms with E-state index in [-0.39, 0.29) is 6.61 Å². The molecule has 0 N–H and O–H groups in total. The standard InChI is InChI=1S/C18H20O3/c1-4-15-10-5-6-11-16(15)20-12-17(19)21-18-13(2)8-7-9-14(18)3/h5-11H,4,12H2,1-3H3. The van der Waals surface area contributed by atoms with Gasteiger partial charge in [0.15, 0.2) is 6.61 Å². The summed E-state index contributed by atoms with van der Waals surface area (Å²) in [7, 11) is 0. The van der Waals surface area contributed by atoms with Crippen molar-refractivity contribution in [2.75, 3.05) is 6.61 Å². The fourth-order valence-corrected chi connectivity index (χ4v) is 2.18. The molecule has 0 aliphatic heterocycles. The van der Waals surface area contributed by atoms with Crippen LogP contribution in [0.4, 0.5) is 0 Å². The predicted molar refractivity (Wildman–Crippen MR) is 82.9 cm³/mol. The van der Waals surface area contributed by atoms with Gasteiger partial charge in [0.1, 0.15) is 11.5 Å². The van der Waals surface area contributed by atoms with Gasteiger partial charge in [-0.05, 0) is 43.0 Å². The Labute approximate surface area is 125 Å². The lowest BCUT2D eigenvalue weighted by Crippen LogP contribution is -2.19. The third-order valence-electron chi connectivity index (χ3n) is 3.32. The summed E-state index contributed by atoms with van der Waals surface area (Å²) < 4.78 is 11.0. The molecule has 0 radical (unpaired) electrons. The Hall–Kier alpha value is -2.29. The fourth-order valence-electron chi connectivity index (χ4n) is 2.18. The van der Waals surface area contributed by atoms with Crippen LogP contribution in [0.1, 0.15) is 23.6 Å². The van der Waals surface area contributed by atoms with Crippen LogP contribution in [0.25, 0.3) is 0 Å². The molecule has 0 unspecified atom stereocenters. The predicted octanol–water partition coefficient (Wildman–Crippen LogP) is 3.85. The highest BCUT2D eigenvalue weighted by atomic mass is 16.6. The molecule has 2 aromatic carbocycles. The number of hydrogen-bond donors (Lipinski definition) is 0.